The lowest BCUT2D eigenvalue weighted by molar-refractivity contribution is 0.191. The third-order valence-corrected chi connectivity index (χ3v) is 4.72. The van der Waals surface area contributed by atoms with Crippen molar-refractivity contribution in [2.45, 2.75) is 31.8 Å². The number of halogens is 2. The minimum atomic E-state index is 0.660. The van der Waals surface area contributed by atoms with Crippen molar-refractivity contribution in [2.75, 3.05) is 19.6 Å². The molecule has 0 bridgehead atoms. The van der Waals surface area contributed by atoms with Crippen LogP contribution in [0.25, 0.3) is 0 Å². The number of rotatable bonds is 5. The molecular weight excluding hydrogens is 279 g/mol. The van der Waals surface area contributed by atoms with Gasteiger partial charge in [0, 0.05) is 35.7 Å². The summed E-state index contributed by atoms with van der Waals surface area (Å²) in [5.74, 6) is 0.909. The van der Waals surface area contributed by atoms with Gasteiger partial charge in [-0.2, -0.15) is 0 Å². The Labute approximate surface area is 125 Å². The summed E-state index contributed by atoms with van der Waals surface area (Å²) in [6.45, 7) is 4.41. The third kappa shape index (κ3) is 3.63. The summed E-state index contributed by atoms with van der Waals surface area (Å²) in [5, 5.41) is 4.96. The van der Waals surface area contributed by atoms with Crippen molar-refractivity contribution in [1.29, 1.82) is 0 Å². The maximum atomic E-state index is 6.31. The molecule has 0 unspecified atom stereocenters. The maximum absolute atomic E-state index is 6.31. The van der Waals surface area contributed by atoms with E-state index in [9.17, 15) is 0 Å². The van der Waals surface area contributed by atoms with Crippen LogP contribution < -0.4 is 5.32 Å². The molecule has 1 aliphatic carbocycles. The third-order valence-electron chi connectivity index (χ3n) is 4.13. The van der Waals surface area contributed by atoms with E-state index in [2.05, 4.69) is 16.3 Å². The normalized spacial score (nSPS) is 23.2. The highest BCUT2D eigenvalue weighted by molar-refractivity contribution is 6.35. The summed E-state index contributed by atoms with van der Waals surface area (Å²) in [6, 6.07) is 6.51. The molecule has 1 heterocycles. The van der Waals surface area contributed by atoms with Crippen molar-refractivity contribution in [3.63, 3.8) is 0 Å². The van der Waals surface area contributed by atoms with Crippen LogP contribution in [0.5, 0.6) is 0 Å². The Bertz CT molecular complexity index is 440. The van der Waals surface area contributed by atoms with Crippen LogP contribution >= 0.6 is 23.2 Å². The minimum absolute atomic E-state index is 0.660. The molecule has 4 heteroatoms. The SMILES string of the molecule is Clc1ccc(CN(CC2CC2)[C@H]2CCNC2)c(Cl)c1. The summed E-state index contributed by atoms with van der Waals surface area (Å²) in [4.78, 5) is 2.60. The molecule has 1 saturated carbocycles. The topological polar surface area (TPSA) is 15.3 Å². The molecule has 1 N–H and O–H groups in total. The van der Waals surface area contributed by atoms with Crippen molar-refractivity contribution in [1.82, 2.24) is 10.2 Å². The van der Waals surface area contributed by atoms with Crippen LogP contribution in [0.3, 0.4) is 0 Å². The Kier molecular flexibility index (Phi) is 4.33. The van der Waals surface area contributed by atoms with Crippen LogP contribution in [0.15, 0.2) is 18.2 Å². The van der Waals surface area contributed by atoms with Gasteiger partial charge in [-0.1, -0.05) is 29.3 Å². The molecule has 19 heavy (non-hydrogen) atoms. The van der Waals surface area contributed by atoms with Crippen LogP contribution in [0.4, 0.5) is 0 Å². The average Bonchev–Trinajstić information content (AvgIpc) is 3.03. The van der Waals surface area contributed by atoms with Gasteiger partial charge in [0.05, 0.1) is 0 Å². The van der Waals surface area contributed by atoms with Gasteiger partial charge in [0.1, 0.15) is 0 Å². The molecule has 1 saturated heterocycles. The predicted molar refractivity (Wildman–Crippen MR) is 80.9 cm³/mol. The van der Waals surface area contributed by atoms with E-state index in [4.69, 9.17) is 23.2 Å². The van der Waals surface area contributed by atoms with Gasteiger partial charge in [-0.05, 0) is 49.4 Å². The fourth-order valence-electron chi connectivity index (χ4n) is 2.79. The van der Waals surface area contributed by atoms with E-state index in [1.54, 1.807) is 0 Å². The smallest absolute Gasteiger partial charge is 0.0465 e. The molecule has 0 radical (unpaired) electrons. The van der Waals surface area contributed by atoms with E-state index in [0.29, 0.717) is 11.1 Å². The van der Waals surface area contributed by atoms with Crippen molar-refractivity contribution < 1.29 is 0 Å². The lowest BCUT2D eigenvalue weighted by Crippen LogP contribution is -2.37. The van der Waals surface area contributed by atoms with E-state index in [1.165, 1.54) is 31.4 Å². The number of hydrogen-bond donors (Lipinski definition) is 1. The van der Waals surface area contributed by atoms with Gasteiger partial charge in [-0.15, -0.1) is 0 Å². The van der Waals surface area contributed by atoms with Crippen LogP contribution in [-0.4, -0.2) is 30.6 Å². The first-order valence-electron chi connectivity index (χ1n) is 7.11. The average molecular weight is 299 g/mol. The van der Waals surface area contributed by atoms with Crippen molar-refractivity contribution in [3.8, 4) is 0 Å². The molecule has 0 spiro atoms. The summed E-state index contributed by atoms with van der Waals surface area (Å²) in [6.07, 6.45) is 4.04. The molecule has 1 aromatic carbocycles. The quantitative estimate of drug-likeness (QED) is 0.894. The highest BCUT2D eigenvalue weighted by Gasteiger charge is 2.29. The van der Waals surface area contributed by atoms with E-state index >= 15 is 0 Å². The van der Waals surface area contributed by atoms with Gasteiger partial charge in [0.15, 0.2) is 0 Å². The zero-order valence-electron chi connectivity index (χ0n) is 11.0. The van der Waals surface area contributed by atoms with Crippen LogP contribution in [0.2, 0.25) is 10.0 Å². The molecule has 104 valence electrons. The zero-order valence-corrected chi connectivity index (χ0v) is 12.6. The van der Waals surface area contributed by atoms with Crippen LogP contribution in [0, 0.1) is 5.92 Å². The molecule has 3 rings (SSSR count). The summed E-state index contributed by atoms with van der Waals surface area (Å²) in [7, 11) is 0. The zero-order chi connectivity index (χ0) is 13.2. The summed E-state index contributed by atoms with van der Waals surface area (Å²) < 4.78 is 0. The second kappa shape index (κ2) is 6.01. The molecule has 1 atom stereocenters. The predicted octanol–water partition coefficient (Wildman–Crippen LogP) is 3.57. The largest absolute Gasteiger partial charge is 0.315 e. The molecule has 2 nitrogen and oxygen atoms in total. The fourth-order valence-corrected chi connectivity index (χ4v) is 3.26. The lowest BCUT2D eigenvalue weighted by atomic mass is 10.1. The number of nitrogens with one attached hydrogen (secondary N) is 1. The molecule has 0 aromatic heterocycles. The maximum Gasteiger partial charge on any atom is 0.0465 e. The highest BCUT2D eigenvalue weighted by atomic mass is 35.5. The van der Waals surface area contributed by atoms with E-state index in [0.717, 1.165) is 30.6 Å². The van der Waals surface area contributed by atoms with Gasteiger partial charge in [0.25, 0.3) is 0 Å². The highest BCUT2D eigenvalue weighted by Crippen LogP contribution is 2.32. The van der Waals surface area contributed by atoms with E-state index < -0.39 is 0 Å². The first-order valence-corrected chi connectivity index (χ1v) is 7.86. The molecule has 2 fully saturated rings. The second-order valence-electron chi connectivity index (χ2n) is 5.76. The summed E-state index contributed by atoms with van der Waals surface area (Å²) in [5.41, 5.74) is 1.19. The van der Waals surface area contributed by atoms with Gasteiger partial charge in [-0.3, -0.25) is 4.90 Å². The first kappa shape index (κ1) is 13.7. The Morgan fingerprint density at radius 3 is 2.68 bits per heavy atom. The Hall–Kier alpha value is -0.280. The second-order valence-corrected chi connectivity index (χ2v) is 6.60. The molecular formula is C15H20Cl2N2. The van der Waals surface area contributed by atoms with Gasteiger partial charge < -0.3 is 5.32 Å². The Morgan fingerprint density at radius 2 is 2.05 bits per heavy atom. The number of hydrogen-bond acceptors (Lipinski definition) is 2. The van der Waals surface area contributed by atoms with Gasteiger partial charge in [0.2, 0.25) is 0 Å². The lowest BCUT2D eigenvalue weighted by Gasteiger charge is -2.28. The first-order chi connectivity index (χ1) is 9.22. The molecule has 1 aromatic rings. The van der Waals surface area contributed by atoms with Gasteiger partial charge in [-0.25, -0.2) is 0 Å². The Morgan fingerprint density at radius 1 is 1.21 bits per heavy atom. The van der Waals surface area contributed by atoms with Crippen LogP contribution in [0.1, 0.15) is 24.8 Å². The number of nitrogens with zero attached hydrogens (tertiary/aromatic N) is 1. The standard InChI is InChI=1S/C15H20Cl2N2/c16-13-4-3-12(15(17)7-13)10-19(9-11-1-2-11)14-5-6-18-8-14/h3-4,7,11,14,18H,1-2,5-6,8-10H2/t14-/m0/s1. The Balaban J connectivity index is 1.71. The molecule has 0 amide bonds. The van der Waals surface area contributed by atoms with Crippen molar-refractivity contribution in [3.05, 3.63) is 33.8 Å². The van der Waals surface area contributed by atoms with Crippen molar-refractivity contribution in [2.24, 2.45) is 5.92 Å². The monoisotopic (exact) mass is 298 g/mol. The molecule has 1 aliphatic heterocycles. The summed E-state index contributed by atoms with van der Waals surface area (Å²) >= 11 is 12.3. The van der Waals surface area contributed by atoms with E-state index in [1.807, 2.05) is 12.1 Å². The van der Waals surface area contributed by atoms with Crippen LogP contribution in [-0.2, 0) is 6.54 Å². The minimum Gasteiger partial charge on any atom is -0.315 e. The fraction of sp³-hybridized carbons (Fsp3) is 0.600. The van der Waals surface area contributed by atoms with E-state index in [-0.39, 0.29) is 0 Å². The van der Waals surface area contributed by atoms with Gasteiger partial charge >= 0.3 is 0 Å². The van der Waals surface area contributed by atoms with Crippen molar-refractivity contribution >= 4 is 23.2 Å². The molecule has 2 aliphatic rings. The number of benzene rings is 1.